The predicted octanol–water partition coefficient (Wildman–Crippen LogP) is 3.64. The zero-order valence-electron chi connectivity index (χ0n) is 19.8. The highest BCUT2D eigenvalue weighted by Gasteiger charge is 2.22. The van der Waals surface area contributed by atoms with Gasteiger partial charge >= 0.3 is 0 Å². The standard InChI is InChI=1S/C13H14BrN3O.C12H12BrN3O/c1-8-6-17-12(7-16(8)2)15-11-5-9(14)3-4-10(11)13(17)18;1-7-6-16-11(5-14-7)15-10-4-8(13)2-3-9(10)12(16)17/h3-5,8H,6-7H2,1-2H3;2-4,7,14H,5-6H2,1H3. The SMILES string of the molecule is CC1Cn2c(nc3cc(Br)ccc3c2=O)CN1.CC1Cn2c(nc3cc(Br)ccc3c2=O)CN1C. The maximum absolute atomic E-state index is 12.4. The van der Waals surface area contributed by atoms with Crippen LogP contribution in [0.2, 0.25) is 0 Å². The third-order valence-corrected chi connectivity index (χ3v) is 7.63. The summed E-state index contributed by atoms with van der Waals surface area (Å²) in [5.41, 5.74) is 1.66. The first kappa shape index (κ1) is 24.3. The molecule has 0 bridgehead atoms. The van der Waals surface area contributed by atoms with Crippen LogP contribution in [0.25, 0.3) is 21.8 Å². The van der Waals surface area contributed by atoms with Gasteiger partial charge in [0.15, 0.2) is 0 Å². The van der Waals surface area contributed by atoms with Gasteiger partial charge in [0.2, 0.25) is 0 Å². The lowest BCUT2D eigenvalue weighted by Gasteiger charge is -2.31. The number of hydrogen-bond acceptors (Lipinski definition) is 6. The molecule has 0 amide bonds. The Morgan fingerprint density at radius 2 is 1.40 bits per heavy atom. The minimum atomic E-state index is 0.0610. The fraction of sp³-hybridized carbons (Fsp3) is 0.360. The zero-order valence-corrected chi connectivity index (χ0v) is 22.9. The van der Waals surface area contributed by atoms with Crippen LogP contribution in [0.15, 0.2) is 54.9 Å². The molecule has 0 spiro atoms. The zero-order chi connectivity index (χ0) is 24.9. The highest BCUT2D eigenvalue weighted by Crippen LogP contribution is 2.19. The van der Waals surface area contributed by atoms with Crippen molar-refractivity contribution in [3.63, 3.8) is 0 Å². The Bertz CT molecular complexity index is 1560. The van der Waals surface area contributed by atoms with Crippen molar-refractivity contribution in [2.45, 2.75) is 52.1 Å². The van der Waals surface area contributed by atoms with E-state index in [1.807, 2.05) is 36.4 Å². The summed E-state index contributed by atoms with van der Waals surface area (Å²) in [5.74, 6) is 1.67. The van der Waals surface area contributed by atoms with Gasteiger partial charge in [0, 0.05) is 34.1 Å². The number of rotatable bonds is 0. The maximum atomic E-state index is 12.4. The molecule has 10 heteroatoms. The van der Waals surface area contributed by atoms with Crippen molar-refractivity contribution in [1.29, 1.82) is 0 Å². The summed E-state index contributed by atoms with van der Waals surface area (Å²) in [6.07, 6.45) is 0. The first-order chi connectivity index (χ1) is 16.7. The van der Waals surface area contributed by atoms with Crippen LogP contribution in [0.1, 0.15) is 25.5 Å². The average Bonchev–Trinajstić information content (AvgIpc) is 2.81. The van der Waals surface area contributed by atoms with Crippen LogP contribution >= 0.6 is 31.9 Å². The summed E-state index contributed by atoms with van der Waals surface area (Å²) in [6, 6.07) is 11.9. The first-order valence-corrected chi connectivity index (χ1v) is 13.1. The molecule has 0 saturated carbocycles. The lowest BCUT2D eigenvalue weighted by atomic mass is 10.2. The Hall–Kier alpha value is -2.40. The third kappa shape index (κ3) is 4.72. The summed E-state index contributed by atoms with van der Waals surface area (Å²) in [5, 5.41) is 4.69. The summed E-state index contributed by atoms with van der Waals surface area (Å²) in [7, 11) is 2.06. The molecule has 8 nitrogen and oxygen atoms in total. The van der Waals surface area contributed by atoms with Gasteiger partial charge in [0.05, 0.1) is 34.9 Å². The highest BCUT2D eigenvalue weighted by molar-refractivity contribution is 9.10. The number of aromatic nitrogens is 4. The number of fused-ring (bicyclic) bond motifs is 4. The van der Waals surface area contributed by atoms with E-state index in [2.05, 4.69) is 72.9 Å². The van der Waals surface area contributed by atoms with Gasteiger partial charge in [-0.05, 0) is 57.3 Å². The largest absolute Gasteiger partial charge is 0.306 e. The van der Waals surface area contributed by atoms with E-state index < -0.39 is 0 Å². The van der Waals surface area contributed by atoms with Gasteiger partial charge < -0.3 is 5.32 Å². The van der Waals surface area contributed by atoms with E-state index in [0.29, 0.717) is 42.5 Å². The monoisotopic (exact) mass is 600 g/mol. The fourth-order valence-corrected chi connectivity index (χ4v) is 5.20. The summed E-state index contributed by atoms with van der Waals surface area (Å²) >= 11 is 6.81. The van der Waals surface area contributed by atoms with Gasteiger partial charge in [-0.2, -0.15) is 0 Å². The smallest absolute Gasteiger partial charge is 0.261 e. The van der Waals surface area contributed by atoms with Crippen molar-refractivity contribution in [2.75, 3.05) is 7.05 Å². The van der Waals surface area contributed by atoms with E-state index in [-0.39, 0.29) is 11.1 Å². The molecule has 2 aromatic heterocycles. The Labute approximate surface area is 219 Å². The molecule has 2 atom stereocenters. The quantitative estimate of drug-likeness (QED) is 0.331. The Balaban J connectivity index is 0.000000145. The number of halogens is 2. The minimum Gasteiger partial charge on any atom is -0.306 e. The summed E-state index contributed by atoms with van der Waals surface area (Å²) in [6.45, 7) is 6.97. The Morgan fingerprint density at radius 1 is 0.857 bits per heavy atom. The van der Waals surface area contributed by atoms with Gasteiger partial charge in [0.1, 0.15) is 11.6 Å². The Morgan fingerprint density at radius 3 is 2.00 bits per heavy atom. The van der Waals surface area contributed by atoms with Gasteiger partial charge in [0.25, 0.3) is 11.1 Å². The molecule has 0 fully saturated rings. The lowest BCUT2D eigenvalue weighted by Crippen LogP contribution is -2.43. The van der Waals surface area contributed by atoms with Crippen LogP contribution in [0.4, 0.5) is 0 Å². The van der Waals surface area contributed by atoms with E-state index in [1.165, 1.54) is 0 Å². The van der Waals surface area contributed by atoms with Gasteiger partial charge in [-0.3, -0.25) is 23.6 Å². The molecule has 0 radical (unpaired) electrons. The van der Waals surface area contributed by atoms with E-state index in [9.17, 15) is 9.59 Å². The molecule has 4 heterocycles. The highest BCUT2D eigenvalue weighted by atomic mass is 79.9. The van der Waals surface area contributed by atoms with Crippen LogP contribution < -0.4 is 16.4 Å². The normalized spacial score (nSPS) is 19.7. The van der Waals surface area contributed by atoms with E-state index in [1.54, 1.807) is 9.13 Å². The van der Waals surface area contributed by atoms with Crippen molar-refractivity contribution < 1.29 is 0 Å². The Kier molecular flexibility index (Phi) is 6.65. The second-order valence-electron chi connectivity index (χ2n) is 9.26. The molecule has 35 heavy (non-hydrogen) atoms. The van der Waals surface area contributed by atoms with E-state index in [4.69, 9.17) is 0 Å². The van der Waals surface area contributed by atoms with Gasteiger partial charge in [-0.25, -0.2) is 9.97 Å². The summed E-state index contributed by atoms with van der Waals surface area (Å²) < 4.78 is 5.47. The molecule has 2 unspecified atom stereocenters. The number of benzene rings is 2. The number of nitrogens with one attached hydrogen (secondary N) is 1. The van der Waals surface area contributed by atoms with E-state index >= 15 is 0 Å². The van der Waals surface area contributed by atoms with Gasteiger partial charge in [-0.15, -0.1) is 0 Å². The molecule has 1 N–H and O–H groups in total. The van der Waals surface area contributed by atoms with Crippen LogP contribution in [-0.4, -0.2) is 43.1 Å². The number of hydrogen-bond donors (Lipinski definition) is 1. The topological polar surface area (TPSA) is 85.0 Å². The van der Waals surface area contributed by atoms with Crippen molar-refractivity contribution in [3.05, 3.63) is 77.7 Å². The fourth-order valence-electron chi connectivity index (χ4n) is 4.50. The molecule has 182 valence electrons. The average molecular weight is 602 g/mol. The summed E-state index contributed by atoms with van der Waals surface area (Å²) in [4.78, 5) is 36.1. The molecule has 6 rings (SSSR count). The van der Waals surface area contributed by atoms with Crippen molar-refractivity contribution >= 4 is 53.7 Å². The molecule has 2 aliphatic heterocycles. The molecule has 4 aromatic rings. The first-order valence-electron chi connectivity index (χ1n) is 11.5. The second-order valence-corrected chi connectivity index (χ2v) is 11.1. The molecular weight excluding hydrogens is 576 g/mol. The molecule has 0 aliphatic carbocycles. The van der Waals surface area contributed by atoms with Crippen LogP contribution in [0, 0.1) is 0 Å². The van der Waals surface area contributed by atoms with Crippen molar-refractivity contribution in [1.82, 2.24) is 29.3 Å². The lowest BCUT2D eigenvalue weighted by molar-refractivity contribution is 0.183. The number of nitrogens with zero attached hydrogens (tertiary/aromatic N) is 5. The maximum Gasteiger partial charge on any atom is 0.261 e. The van der Waals surface area contributed by atoms with Crippen LogP contribution in [-0.2, 0) is 26.2 Å². The molecule has 2 aromatic carbocycles. The molecular formula is C25H26Br2N6O2. The second kappa shape index (κ2) is 9.57. The third-order valence-electron chi connectivity index (χ3n) is 6.65. The van der Waals surface area contributed by atoms with E-state index in [0.717, 1.165) is 38.2 Å². The van der Waals surface area contributed by atoms with Crippen molar-refractivity contribution in [2.24, 2.45) is 0 Å². The molecule has 2 aliphatic rings. The van der Waals surface area contributed by atoms with Crippen LogP contribution in [0.5, 0.6) is 0 Å². The van der Waals surface area contributed by atoms with Crippen molar-refractivity contribution in [3.8, 4) is 0 Å². The minimum absolute atomic E-state index is 0.0610. The number of likely N-dealkylation sites (N-methyl/N-ethyl adjacent to an activating group) is 1. The predicted molar refractivity (Wildman–Crippen MR) is 145 cm³/mol. The van der Waals surface area contributed by atoms with Gasteiger partial charge in [-0.1, -0.05) is 31.9 Å². The molecule has 0 saturated heterocycles. The van der Waals surface area contributed by atoms with Crippen LogP contribution in [0.3, 0.4) is 0 Å².